The number of rotatable bonds is 12. The Labute approximate surface area is 253 Å². The van der Waals surface area contributed by atoms with E-state index in [9.17, 15) is 14.7 Å². The Hall–Kier alpha value is -4.03. The van der Waals surface area contributed by atoms with Gasteiger partial charge < -0.3 is 25.0 Å². The second-order valence-corrected chi connectivity index (χ2v) is 11.4. The Morgan fingerprint density at radius 2 is 1.72 bits per heavy atom. The zero-order valence-corrected chi connectivity index (χ0v) is 24.5. The van der Waals surface area contributed by atoms with Crippen molar-refractivity contribution in [2.24, 2.45) is 5.92 Å². The van der Waals surface area contributed by atoms with Gasteiger partial charge in [-0.15, -0.1) is 0 Å². The van der Waals surface area contributed by atoms with Crippen LogP contribution in [-0.4, -0.2) is 49.1 Å². The van der Waals surface area contributed by atoms with Crippen molar-refractivity contribution in [3.05, 3.63) is 101 Å². The number of ether oxygens (including phenoxy) is 2. The van der Waals surface area contributed by atoms with E-state index in [1.807, 2.05) is 66.7 Å². The SMILES string of the molecule is C[C@H]1[C@@H](CSc2ncn[nH]2)O[C@@H](c2cccc(-c3cccc(CNC(=O)CCC(=O)O)c3)c2)O[C@H]1c1ccc(CO)cc1. The number of aliphatic hydroxyl groups is 1. The van der Waals surface area contributed by atoms with Crippen molar-refractivity contribution in [2.75, 3.05) is 5.75 Å². The minimum Gasteiger partial charge on any atom is -0.481 e. The predicted octanol–water partition coefficient (Wildman–Crippen LogP) is 5.03. The smallest absolute Gasteiger partial charge is 0.303 e. The van der Waals surface area contributed by atoms with Gasteiger partial charge in [0.1, 0.15) is 6.33 Å². The third kappa shape index (κ3) is 8.08. The first kappa shape index (κ1) is 30.4. The van der Waals surface area contributed by atoms with Crippen molar-refractivity contribution in [3.63, 3.8) is 0 Å². The summed E-state index contributed by atoms with van der Waals surface area (Å²) in [5.74, 6) is -0.603. The normalized spacial score (nSPS) is 20.0. The van der Waals surface area contributed by atoms with E-state index < -0.39 is 12.3 Å². The summed E-state index contributed by atoms with van der Waals surface area (Å²) in [6.45, 7) is 2.41. The van der Waals surface area contributed by atoms with Gasteiger partial charge in [0, 0.05) is 30.2 Å². The lowest BCUT2D eigenvalue weighted by atomic mass is 9.91. The van der Waals surface area contributed by atoms with Crippen molar-refractivity contribution in [2.45, 2.75) is 56.6 Å². The Balaban J connectivity index is 1.35. The van der Waals surface area contributed by atoms with Gasteiger partial charge in [0.05, 0.1) is 25.2 Å². The fourth-order valence-electron chi connectivity index (χ4n) is 4.97. The van der Waals surface area contributed by atoms with Crippen LogP contribution in [0.4, 0.5) is 0 Å². The topological polar surface area (TPSA) is 147 Å². The molecule has 4 aromatic rings. The Bertz CT molecular complexity index is 1510. The van der Waals surface area contributed by atoms with E-state index in [0.29, 0.717) is 12.3 Å². The van der Waals surface area contributed by atoms with Crippen LogP contribution < -0.4 is 5.32 Å². The average Bonchev–Trinajstić information content (AvgIpc) is 3.56. The Kier molecular flexibility index (Phi) is 10.2. The number of aromatic nitrogens is 3. The second kappa shape index (κ2) is 14.4. The van der Waals surface area contributed by atoms with Crippen LogP contribution in [0.1, 0.15) is 54.4 Å². The maximum absolute atomic E-state index is 12.0. The highest BCUT2D eigenvalue weighted by molar-refractivity contribution is 7.99. The van der Waals surface area contributed by atoms with Gasteiger partial charge in [-0.25, -0.2) is 4.98 Å². The highest BCUT2D eigenvalue weighted by atomic mass is 32.2. The molecule has 43 heavy (non-hydrogen) atoms. The number of benzene rings is 3. The highest BCUT2D eigenvalue weighted by Gasteiger charge is 2.38. The van der Waals surface area contributed by atoms with Crippen molar-refractivity contribution in [1.29, 1.82) is 0 Å². The molecule has 5 rings (SSSR count). The second-order valence-electron chi connectivity index (χ2n) is 10.4. The minimum atomic E-state index is -0.997. The summed E-state index contributed by atoms with van der Waals surface area (Å²) >= 11 is 1.55. The number of amides is 1. The fourth-order valence-corrected chi connectivity index (χ4v) is 5.91. The number of hydrogen-bond acceptors (Lipinski definition) is 8. The van der Waals surface area contributed by atoms with E-state index >= 15 is 0 Å². The first-order valence-corrected chi connectivity index (χ1v) is 15.0. The zero-order chi connectivity index (χ0) is 30.2. The molecule has 224 valence electrons. The number of carbonyl (C=O) groups is 2. The Morgan fingerprint density at radius 3 is 2.44 bits per heavy atom. The number of hydrogen-bond donors (Lipinski definition) is 4. The predicted molar refractivity (Wildman–Crippen MR) is 161 cm³/mol. The van der Waals surface area contributed by atoms with Crippen molar-refractivity contribution < 1.29 is 29.3 Å². The number of nitrogens with one attached hydrogen (secondary N) is 2. The number of aromatic amines is 1. The first-order valence-electron chi connectivity index (χ1n) is 14.1. The number of H-pyrrole nitrogens is 1. The lowest BCUT2D eigenvalue weighted by Gasteiger charge is -2.41. The van der Waals surface area contributed by atoms with Crippen molar-refractivity contribution >= 4 is 23.6 Å². The molecule has 0 bridgehead atoms. The van der Waals surface area contributed by atoms with Crippen LogP contribution in [0.5, 0.6) is 0 Å². The first-order chi connectivity index (χ1) is 20.9. The van der Waals surface area contributed by atoms with Crippen molar-refractivity contribution in [1.82, 2.24) is 20.5 Å². The lowest BCUT2D eigenvalue weighted by molar-refractivity contribution is -0.268. The van der Waals surface area contributed by atoms with Crippen LogP contribution in [-0.2, 0) is 32.2 Å². The van der Waals surface area contributed by atoms with Crippen LogP contribution in [0.25, 0.3) is 11.1 Å². The zero-order valence-electron chi connectivity index (χ0n) is 23.7. The molecule has 0 radical (unpaired) electrons. The van der Waals surface area contributed by atoms with Gasteiger partial charge in [-0.2, -0.15) is 5.10 Å². The molecule has 1 saturated heterocycles. The summed E-state index contributed by atoms with van der Waals surface area (Å²) in [4.78, 5) is 27.0. The molecule has 1 aliphatic heterocycles. The molecule has 4 N–H and O–H groups in total. The molecule has 0 saturated carbocycles. The van der Waals surface area contributed by atoms with E-state index in [2.05, 4.69) is 33.5 Å². The molecule has 1 amide bonds. The van der Waals surface area contributed by atoms with Gasteiger partial charge in [-0.1, -0.05) is 79.3 Å². The summed E-state index contributed by atoms with van der Waals surface area (Å²) in [5, 5.41) is 28.6. The van der Waals surface area contributed by atoms with Gasteiger partial charge in [-0.3, -0.25) is 14.7 Å². The van der Waals surface area contributed by atoms with Crippen LogP contribution in [0.15, 0.2) is 84.3 Å². The standard InChI is InChI=1S/C32H34N4O6S/c1-20-27(18-43-32-34-19-35-36-32)41-31(42-30(20)23-10-8-21(17-37)9-11-23)26-7-3-6-25(15-26)24-5-2-4-22(14-24)16-33-28(38)12-13-29(39)40/h2-11,14-15,19-20,27,30-31,37H,12-13,16-18H2,1H3,(H,33,38)(H,39,40)(H,34,35,36)/t20-,27+,30+,31+/m0/s1. The minimum absolute atomic E-state index is 0.0192. The van der Waals surface area contributed by atoms with Gasteiger partial charge in [0.2, 0.25) is 5.91 Å². The van der Waals surface area contributed by atoms with E-state index in [1.165, 1.54) is 6.33 Å². The molecule has 11 heteroatoms. The number of carbonyl (C=O) groups excluding carboxylic acids is 1. The molecule has 0 unspecified atom stereocenters. The van der Waals surface area contributed by atoms with Crippen molar-refractivity contribution in [3.8, 4) is 11.1 Å². The molecule has 1 fully saturated rings. The van der Waals surface area contributed by atoms with Gasteiger partial charge >= 0.3 is 5.97 Å². The number of carboxylic acid groups (broad SMARTS) is 1. The molecule has 10 nitrogen and oxygen atoms in total. The molecular weight excluding hydrogens is 568 g/mol. The van der Waals surface area contributed by atoms with E-state index in [4.69, 9.17) is 14.6 Å². The fraction of sp³-hybridized carbons (Fsp3) is 0.312. The van der Waals surface area contributed by atoms with Gasteiger partial charge in [-0.05, 0) is 39.9 Å². The quantitative estimate of drug-likeness (QED) is 0.164. The van der Waals surface area contributed by atoms with Crippen LogP contribution >= 0.6 is 11.8 Å². The average molecular weight is 603 g/mol. The van der Waals surface area contributed by atoms with E-state index in [-0.39, 0.29) is 43.5 Å². The molecule has 0 aliphatic carbocycles. The summed E-state index contributed by atoms with van der Waals surface area (Å²) in [6, 6.07) is 23.7. The van der Waals surface area contributed by atoms with E-state index in [0.717, 1.165) is 38.5 Å². The third-order valence-corrected chi connectivity index (χ3v) is 8.34. The van der Waals surface area contributed by atoms with Crippen LogP contribution in [0, 0.1) is 5.92 Å². The number of carboxylic acids is 1. The van der Waals surface area contributed by atoms with Crippen LogP contribution in [0.3, 0.4) is 0 Å². The Morgan fingerprint density at radius 1 is 0.953 bits per heavy atom. The number of thioether (sulfide) groups is 1. The molecule has 3 aromatic carbocycles. The maximum atomic E-state index is 12.0. The lowest BCUT2D eigenvalue weighted by Crippen LogP contribution is -2.38. The van der Waals surface area contributed by atoms with Gasteiger partial charge in [0.25, 0.3) is 0 Å². The number of aliphatic carboxylic acids is 1. The maximum Gasteiger partial charge on any atom is 0.303 e. The van der Waals surface area contributed by atoms with Gasteiger partial charge in [0.15, 0.2) is 11.4 Å². The summed E-state index contributed by atoms with van der Waals surface area (Å²) < 4.78 is 13.2. The number of nitrogens with zero attached hydrogens (tertiary/aromatic N) is 2. The summed E-state index contributed by atoms with van der Waals surface area (Å²) in [7, 11) is 0. The monoisotopic (exact) mass is 602 g/mol. The molecule has 1 aromatic heterocycles. The molecule has 0 spiro atoms. The molecular formula is C32H34N4O6S. The van der Waals surface area contributed by atoms with Crippen LogP contribution in [0.2, 0.25) is 0 Å². The largest absolute Gasteiger partial charge is 0.481 e. The molecule has 1 aliphatic rings. The molecule has 4 atom stereocenters. The third-order valence-electron chi connectivity index (χ3n) is 7.38. The highest BCUT2D eigenvalue weighted by Crippen LogP contribution is 2.43. The summed E-state index contributed by atoms with van der Waals surface area (Å²) in [6.07, 6.45) is 0.240. The summed E-state index contributed by atoms with van der Waals surface area (Å²) in [5.41, 5.74) is 5.58. The van der Waals surface area contributed by atoms with E-state index in [1.54, 1.807) is 11.8 Å². The molecule has 2 heterocycles. The number of aliphatic hydroxyl groups excluding tert-OH is 1.